The highest BCUT2D eigenvalue weighted by Gasteiger charge is 2.21. The number of aromatic nitrogens is 2. The van der Waals surface area contributed by atoms with Crippen LogP contribution in [0.5, 0.6) is 11.5 Å². The van der Waals surface area contributed by atoms with Crippen molar-refractivity contribution in [3.8, 4) is 11.5 Å². The van der Waals surface area contributed by atoms with E-state index >= 15 is 0 Å². The van der Waals surface area contributed by atoms with Crippen LogP contribution in [0, 0.1) is 0 Å². The van der Waals surface area contributed by atoms with Crippen molar-refractivity contribution >= 4 is 29.0 Å². The lowest BCUT2D eigenvalue weighted by atomic mass is 10.2. The molecule has 1 aliphatic heterocycles. The van der Waals surface area contributed by atoms with Crippen LogP contribution in [0.15, 0.2) is 24.3 Å². The van der Waals surface area contributed by atoms with Gasteiger partial charge < -0.3 is 24.6 Å². The third kappa shape index (κ3) is 4.40. The van der Waals surface area contributed by atoms with Gasteiger partial charge in [0.25, 0.3) is 5.91 Å². The number of hydrogen-bond acceptors (Lipinski definition) is 7. The maximum atomic E-state index is 12.5. The van der Waals surface area contributed by atoms with E-state index in [1.165, 1.54) is 7.11 Å². The van der Waals surface area contributed by atoms with Crippen LogP contribution >= 0.6 is 11.6 Å². The van der Waals surface area contributed by atoms with E-state index in [2.05, 4.69) is 20.4 Å². The van der Waals surface area contributed by atoms with Crippen molar-refractivity contribution in [3.05, 3.63) is 35.0 Å². The summed E-state index contributed by atoms with van der Waals surface area (Å²) in [6.07, 6.45) is 0. The summed E-state index contributed by atoms with van der Waals surface area (Å²) in [4.78, 5) is 16.5. The third-order valence-corrected chi connectivity index (χ3v) is 4.71. The lowest BCUT2D eigenvalue weighted by Gasteiger charge is -2.32. The predicted molar refractivity (Wildman–Crippen MR) is 103 cm³/mol. The second-order valence-electron chi connectivity index (χ2n) is 6.21. The zero-order valence-corrected chi connectivity index (χ0v) is 16.3. The molecule has 2 aromatic rings. The number of nitrogens with one attached hydrogen (secondary N) is 1. The minimum absolute atomic E-state index is 0.104. The number of carbonyl (C=O) groups excluding carboxylic acids is 1. The number of rotatable bonds is 5. The van der Waals surface area contributed by atoms with Gasteiger partial charge in [-0.1, -0.05) is 11.6 Å². The van der Waals surface area contributed by atoms with E-state index in [-0.39, 0.29) is 5.91 Å². The molecule has 144 valence electrons. The molecule has 3 rings (SSSR count). The van der Waals surface area contributed by atoms with Crippen LogP contribution in [-0.2, 0) is 0 Å². The molecule has 1 aromatic heterocycles. The standard InChI is InChI=1S/C18H22ClN5O3/c1-23-6-8-24(9-7-23)18(25)13-4-5-17(22-21-13)20-14-11-15(26-2)12(19)10-16(14)27-3/h4-5,10-11H,6-9H2,1-3H3,(H,20,22). The number of halogens is 1. The average Bonchev–Trinajstić information content (AvgIpc) is 2.69. The fourth-order valence-electron chi connectivity index (χ4n) is 2.78. The SMILES string of the molecule is COc1cc(Nc2ccc(C(=O)N3CCN(C)CC3)nn2)c(OC)cc1Cl. The molecule has 1 aliphatic rings. The Bertz CT molecular complexity index is 807. The number of anilines is 2. The second-order valence-corrected chi connectivity index (χ2v) is 6.62. The molecule has 1 N–H and O–H groups in total. The van der Waals surface area contributed by atoms with E-state index in [4.69, 9.17) is 21.1 Å². The van der Waals surface area contributed by atoms with Gasteiger partial charge in [-0.05, 0) is 19.2 Å². The molecular weight excluding hydrogens is 370 g/mol. The van der Waals surface area contributed by atoms with Crippen LogP contribution in [0.1, 0.15) is 10.5 Å². The van der Waals surface area contributed by atoms with Crippen molar-refractivity contribution in [2.45, 2.75) is 0 Å². The van der Waals surface area contributed by atoms with Crippen LogP contribution in [0.25, 0.3) is 0 Å². The van der Waals surface area contributed by atoms with Crippen LogP contribution < -0.4 is 14.8 Å². The summed E-state index contributed by atoms with van der Waals surface area (Å²) in [5.74, 6) is 1.43. The quantitative estimate of drug-likeness (QED) is 0.837. The number of likely N-dealkylation sites (N-methyl/N-ethyl adjacent to an activating group) is 1. The first-order valence-electron chi connectivity index (χ1n) is 8.52. The lowest BCUT2D eigenvalue weighted by molar-refractivity contribution is 0.0657. The number of carbonyl (C=O) groups is 1. The summed E-state index contributed by atoms with van der Waals surface area (Å²) >= 11 is 6.12. The van der Waals surface area contributed by atoms with Crippen molar-refractivity contribution in [2.75, 3.05) is 52.8 Å². The predicted octanol–water partition coefficient (Wildman–Crippen LogP) is 2.28. The molecule has 1 saturated heterocycles. The first-order valence-corrected chi connectivity index (χ1v) is 8.89. The molecule has 9 heteroatoms. The van der Waals surface area contributed by atoms with Crippen molar-refractivity contribution < 1.29 is 14.3 Å². The van der Waals surface area contributed by atoms with Gasteiger partial charge >= 0.3 is 0 Å². The monoisotopic (exact) mass is 391 g/mol. The summed E-state index contributed by atoms with van der Waals surface area (Å²) in [5.41, 5.74) is 0.956. The zero-order chi connectivity index (χ0) is 19.4. The maximum absolute atomic E-state index is 12.5. The highest BCUT2D eigenvalue weighted by molar-refractivity contribution is 6.32. The Balaban J connectivity index is 1.73. The molecule has 0 radical (unpaired) electrons. The van der Waals surface area contributed by atoms with Gasteiger partial charge in [0.15, 0.2) is 11.5 Å². The minimum Gasteiger partial charge on any atom is -0.495 e. The van der Waals surface area contributed by atoms with Crippen LogP contribution in [0.2, 0.25) is 5.02 Å². The van der Waals surface area contributed by atoms with Crippen molar-refractivity contribution in [3.63, 3.8) is 0 Å². The molecule has 1 amide bonds. The molecular formula is C18H22ClN5O3. The van der Waals surface area contributed by atoms with Gasteiger partial charge in [-0.2, -0.15) is 0 Å². The van der Waals surface area contributed by atoms with Crippen LogP contribution in [0.4, 0.5) is 11.5 Å². The Morgan fingerprint density at radius 1 is 1.07 bits per heavy atom. The Morgan fingerprint density at radius 3 is 2.37 bits per heavy atom. The molecule has 8 nitrogen and oxygen atoms in total. The van der Waals surface area contributed by atoms with Crippen molar-refractivity contribution in [1.82, 2.24) is 20.0 Å². The highest BCUT2D eigenvalue weighted by Crippen LogP contribution is 2.36. The number of hydrogen-bond donors (Lipinski definition) is 1. The largest absolute Gasteiger partial charge is 0.495 e. The normalized spacial score (nSPS) is 14.7. The molecule has 1 aromatic carbocycles. The number of ether oxygens (including phenoxy) is 2. The van der Waals surface area contributed by atoms with Gasteiger partial charge in [-0.3, -0.25) is 4.79 Å². The maximum Gasteiger partial charge on any atom is 0.274 e. The molecule has 1 fully saturated rings. The lowest BCUT2D eigenvalue weighted by Crippen LogP contribution is -2.47. The first-order chi connectivity index (χ1) is 13.0. The van der Waals surface area contributed by atoms with E-state index in [0.717, 1.165) is 13.1 Å². The van der Waals surface area contributed by atoms with Crippen LogP contribution in [0.3, 0.4) is 0 Å². The van der Waals surface area contributed by atoms with Crippen molar-refractivity contribution in [1.29, 1.82) is 0 Å². The number of nitrogens with zero attached hydrogens (tertiary/aromatic N) is 4. The van der Waals surface area contributed by atoms with Gasteiger partial charge in [-0.25, -0.2) is 0 Å². The van der Waals surface area contributed by atoms with Gasteiger partial charge in [0.1, 0.15) is 11.5 Å². The first kappa shape index (κ1) is 19.2. The Kier molecular flexibility index (Phi) is 5.98. The Hall–Kier alpha value is -2.58. The fourth-order valence-corrected chi connectivity index (χ4v) is 3.01. The van der Waals surface area contributed by atoms with Gasteiger partial charge in [0.2, 0.25) is 0 Å². The van der Waals surface area contributed by atoms with E-state index in [1.54, 1.807) is 36.3 Å². The topological polar surface area (TPSA) is 79.8 Å². The smallest absolute Gasteiger partial charge is 0.274 e. The summed E-state index contributed by atoms with van der Waals surface area (Å²) in [6.45, 7) is 3.10. The van der Waals surface area contributed by atoms with E-state index < -0.39 is 0 Å². The number of methoxy groups -OCH3 is 2. The van der Waals surface area contributed by atoms with Crippen LogP contribution in [-0.4, -0.2) is 73.4 Å². The number of piperazine rings is 1. The van der Waals surface area contributed by atoms with Gasteiger partial charge in [0, 0.05) is 38.3 Å². The molecule has 0 unspecified atom stereocenters. The Morgan fingerprint density at radius 2 is 1.78 bits per heavy atom. The van der Waals surface area contributed by atoms with E-state index in [1.807, 2.05) is 7.05 Å². The third-order valence-electron chi connectivity index (χ3n) is 4.41. The van der Waals surface area contributed by atoms with Gasteiger partial charge in [0.05, 0.1) is 24.9 Å². The average molecular weight is 392 g/mol. The molecule has 0 spiro atoms. The summed E-state index contributed by atoms with van der Waals surface area (Å²) in [6, 6.07) is 6.74. The second kappa shape index (κ2) is 8.41. The summed E-state index contributed by atoms with van der Waals surface area (Å²) in [5, 5.41) is 11.7. The Labute approximate surface area is 163 Å². The fraction of sp³-hybridized carbons (Fsp3) is 0.389. The van der Waals surface area contributed by atoms with Gasteiger partial charge in [-0.15, -0.1) is 10.2 Å². The highest BCUT2D eigenvalue weighted by atomic mass is 35.5. The summed E-state index contributed by atoms with van der Waals surface area (Å²) < 4.78 is 10.6. The molecule has 2 heterocycles. The molecule has 0 atom stereocenters. The molecule has 27 heavy (non-hydrogen) atoms. The van der Waals surface area contributed by atoms with E-state index in [9.17, 15) is 4.79 Å². The summed E-state index contributed by atoms with van der Waals surface area (Å²) in [7, 11) is 5.13. The molecule has 0 bridgehead atoms. The zero-order valence-electron chi connectivity index (χ0n) is 15.5. The van der Waals surface area contributed by atoms with Crippen molar-refractivity contribution in [2.24, 2.45) is 0 Å². The number of benzene rings is 1. The minimum atomic E-state index is -0.104. The molecule has 0 aliphatic carbocycles. The van der Waals surface area contributed by atoms with E-state index in [0.29, 0.717) is 46.8 Å². The number of amides is 1. The molecule has 0 saturated carbocycles.